The number of aromatic nitrogens is 1. The van der Waals surface area contributed by atoms with Gasteiger partial charge in [0.25, 0.3) is 5.91 Å². The van der Waals surface area contributed by atoms with E-state index in [1.54, 1.807) is 36.4 Å². The SMILES string of the molecule is NCC(=O)Nc1ccccc1NC(=O)c1ccc(-n2cccc2)cc1. The highest BCUT2D eigenvalue weighted by molar-refractivity contribution is 6.07. The molecule has 0 aliphatic carbocycles. The molecule has 0 spiro atoms. The molecule has 0 atom stereocenters. The van der Waals surface area contributed by atoms with Crippen molar-refractivity contribution in [3.8, 4) is 5.69 Å². The number of nitrogens with zero attached hydrogens (tertiary/aromatic N) is 1. The molecule has 126 valence electrons. The van der Waals surface area contributed by atoms with E-state index in [9.17, 15) is 9.59 Å². The Balaban J connectivity index is 1.75. The zero-order valence-corrected chi connectivity index (χ0v) is 13.5. The second kappa shape index (κ2) is 7.46. The molecular formula is C19H18N4O2. The number of amides is 2. The maximum Gasteiger partial charge on any atom is 0.255 e. The topological polar surface area (TPSA) is 89.2 Å². The zero-order chi connectivity index (χ0) is 17.6. The molecule has 3 rings (SSSR count). The summed E-state index contributed by atoms with van der Waals surface area (Å²) >= 11 is 0. The summed E-state index contributed by atoms with van der Waals surface area (Å²) in [6.45, 7) is -0.122. The molecule has 6 heteroatoms. The van der Waals surface area contributed by atoms with Crippen LogP contribution in [0, 0.1) is 0 Å². The average molecular weight is 334 g/mol. The molecule has 0 fully saturated rings. The van der Waals surface area contributed by atoms with Gasteiger partial charge in [0.15, 0.2) is 0 Å². The van der Waals surface area contributed by atoms with Gasteiger partial charge in [0.1, 0.15) is 0 Å². The average Bonchev–Trinajstić information content (AvgIpc) is 3.18. The second-order valence-electron chi connectivity index (χ2n) is 5.39. The minimum atomic E-state index is -0.322. The van der Waals surface area contributed by atoms with Crippen molar-refractivity contribution in [2.24, 2.45) is 5.73 Å². The van der Waals surface area contributed by atoms with E-state index in [4.69, 9.17) is 5.73 Å². The Morgan fingerprint density at radius 1 is 0.840 bits per heavy atom. The van der Waals surface area contributed by atoms with Crippen molar-refractivity contribution in [2.45, 2.75) is 0 Å². The Bertz CT molecular complexity index is 871. The lowest BCUT2D eigenvalue weighted by Crippen LogP contribution is -2.23. The van der Waals surface area contributed by atoms with Crippen LogP contribution in [0.5, 0.6) is 0 Å². The minimum absolute atomic E-state index is 0.122. The molecule has 1 heterocycles. The van der Waals surface area contributed by atoms with E-state index >= 15 is 0 Å². The van der Waals surface area contributed by atoms with Crippen molar-refractivity contribution in [3.05, 3.63) is 78.6 Å². The van der Waals surface area contributed by atoms with E-state index in [-0.39, 0.29) is 18.4 Å². The van der Waals surface area contributed by atoms with Crippen molar-refractivity contribution in [2.75, 3.05) is 17.2 Å². The Hall–Kier alpha value is -3.38. The highest BCUT2D eigenvalue weighted by Crippen LogP contribution is 2.22. The summed E-state index contributed by atoms with van der Waals surface area (Å²) < 4.78 is 1.96. The third kappa shape index (κ3) is 3.94. The van der Waals surface area contributed by atoms with Gasteiger partial charge in [-0.3, -0.25) is 9.59 Å². The van der Waals surface area contributed by atoms with Crippen LogP contribution in [0.15, 0.2) is 73.1 Å². The first-order valence-electron chi connectivity index (χ1n) is 7.81. The first kappa shape index (κ1) is 16.5. The number of benzene rings is 2. The molecule has 0 radical (unpaired) electrons. The van der Waals surface area contributed by atoms with Crippen LogP contribution in [0.2, 0.25) is 0 Å². The fourth-order valence-corrected chi connectivity index (χ4v) is 2.39. The van der Waals surface area contributed by atoms with Gasteiger partial charge in [-0.15, -0.1) is 0 Å². The number of nitrogens with two attached hydrogens (primary N) is 1. The van der Waals surface area contributed by atoms with Crippen LogP contribution < -0.4 is 16.4 Å². The van der Waals surface area contributed by atoms with Crippen LogP contribution in [0.3, 0.4) is 0 Å². The molecule has 0 saturated carbocycles. The minimum Gasteiger partial charge on any atom is -0.324 e. The van der Waals surface area contributed by atoms with Gasteiger partial charge in [0.05, 0.1) is 17.9 Å². The molecule has 0 aliphatic rings. The number of hydrogen-bond acceptors (Lipinski definition) is 3. The maximum absolute atomic E-state index is 12.5. The largest absolute Gasteiger partial charge is 0.324 e. The normalized spacial score (nSPS) is 10.3. The van der Waals surface area contributed by atoms with Gasteiger partial charge < -0.3 is 20.9 Å². The molecule has 0 aliphatic heterocycles. The van der Waals surface area contributed by atoms with Crippen LogP contribution >= 0.6 is 0 Å². The number of carbonyl (C=O) groups excluding carboxylic acids is 2. The lowest BCUT2D eigenvalue weighted by atomic mass is 10.1. The van der Waals surface area contributed by atoms with Crippen LogP contribution in [-0.4, -0.2) is 22.9 Å². The van der Waals surface area contributed by atoms with E-state index in [1.807, 2.05) is 41.2 Å². The molecule has 6 nitrogen and oxygen atoms in total. The van der Waals surface area contributed by atoms with Crippen molar-refractivity contribution < 1.29 is 9.59 Å². The van der Waals surface area contributed by atoms with Gasteiger partial charge in [0, 0.05) is 23.6 Å². The lowest BCUT2D eigenvalue weighted by Gasteiger charge is -2.12. The monoisotopic (exact) mass is 334 g/mol. The fourth-order valence-electron chi connectivity index (χ4n) is 2.39. The number of hydrogen-bond donors (Lipinski definition) is 3. The quantitative estimate of drug-likeness (QED) is 0.670. The molecule has 3 aromatic rings. The third-order valence-electron chi connectivity index (χ3n) is 3.67. The predicted octanol–water partition coefficient (Wildman–Crippen LogP) is 2.63. The van der Waals surface area contributed by atoms with E-state index in [0.29, 0.717) is 16.9 Å². The van der Waals surface area contributed by atoms with Gasteiger partial charge >= 0.3 is 0 Å². The van der Waals surface area contributed by atoms with Crippen LogP contribution in [-0.2, 0) is 4.79 Å². The van der Waals surface area contributed by atoms with Crippen molar-refractivity contribution in [3.63, 3.8) is 0 Å². The summed E-state index contributed by atoms with van der Waals surface area (Å²) in [5, 5.41) is 5.47. The highest BCUT2D eigenvalue weighted by atomic mass is 16.2. The van der Waals surface area contributed by atoms with Gasteiger partial charge in [-0.25, -0.2) is 0 Å². The van der Waals surface area contributed by atoms with E-state index in [1.165, 1.54) is 0 Å². The molecule has 4 N–H and O–H groups in total. The standard InChI is InChI=1S/C19H18N4O2/c20-13-18(24)21-16-5-1-2-6-17(16)22-19(25)14-7-9-15(10-8-14)23-11-3-4-12-23/h1-12H,13,20H2,(H,21,24)(H,22,25). The summed E-state index contributed by atoms with van der Waals surface area (Å²) in [4.78, 5) is 24.0. The van der Waals surface area contributed by atoms with E-state index in [2.05, 4.69) is 10.6 Å². The maximum atomic E-state index is 12.5. The van der Waals surface area contributed by atoms with Crippen LogP contribution in [0.4, 0.5) is 11.4 Å². The molecule has 0 saturated heterocycles. The fraction of sp³-hybridized carbons (Fsp3) is 0.0526. The Morgan fingerprint density at radius 3 is 2.04 bits per heavy atom. The summed E-state index contributed by atoms with van der Waals surface area (Å²) in [5.41, 5.74) is 7.84. The lowest BCUT2D eigenvalue weighted by molar-refractivity contribution is -0.114. The second-order valence-corrected chi connectivity index (χ2v) is 5.39. The number of rotatable bonds is 5. The van der Waals surface area contributed by atoms with Gasteiger partial charge in [0.2, 0.25) is 5.91 Å². The number of para-hydroxylation sites is 2. The van der Waals surface area contributed by atoms with Crippen LogP contribution in [0.1, 0.15) is 10.4 Å². The highest BCUT2D eigenvalue weighted by Gasteiger charge is 2.10. The molecule has 0 bridgehead atoms. The third-order valence-corrected chi connectivity index (χ3v) is 3.67. The summed E-state index contributed by atoms with van der Waals surface area (Å²) in [6, 6.07) is 18.1. The Kier molecular flexibility index (Phi) is 4.92. The van der Waals surface area contributed by atoms with E-state index in [0.717, 1.165) is 5.69 Å². The molecule has 1 aromatic heterocycles. The van der Waals surface area contributed by atoms with Crippen molar-refractivity contribution >= 4 is 23.2 Å². The molecule has 2 aromatic carbocycles. The van der Waals surface area contributed by atoms with Crippen LogP contribution in [0.25, 0.3) is 5.69 Å². The van der Waals surface area contributed by atoms with Gasteiger partial charge in [-0.1, -0.05) is 12.1 Å². The first-order chi connectivity index (χ1) is 12.2. The summed E-state index contributed by atoms with van der Waals surface area (Å²) in [5.74, 6) is -0.578. The molecular weight excluding hydrogens is 316 g/mol. The number of carbonyl (C=O) groups is 2. The zero-order valence-electron chi connectivity index (χ0n) is 13.5. The Morgan fingerprint density at radius 2 is 1.44 bits per heavy atom. The number of anilines is 2. The number of nitrogens with one attached hydrogen (secondary N) is 2. The molecule has 25 heavy (non-hydrogen) atoms. The first-order valence-corrected chi connectivity index (χ1v) is 7.81. The van der Waals surface area contributed by atoms with Crippen molar-refractivity contribution in [1.29, 1.82) is 0 Å². The smallest absolute Gasteiger partial charge is 0.255 e. The van der Waals surface area contributed by atoms with Gasteiger partial charge in [-0.2, -0.15) is 0 Å². The van der Waals surface area contributed by atoms with E-state index < -0.39 is 0 Å². The molecule has 2 amide bonds. The Labute approximate surface area is 145 Å². The predicted molar refractivity (Wildman–Crippen MR) is 97.8 cm³/mol. The molecule has 0 unspecified atom stereocenters. The summed E-state index contributed by atoms with van der Waals surface area (Å²) in [7, 11) is 0. The van der Waals surface area contributed by atoms with Crippen molar-refractivity contribution in [1.82, 2.24) is 4.57 Å². The van der Waals surface area contributed by atoms with Gasteiger partial charge in [-0.05, 0) is 48.5 Å². The summed E-state index contributed by atoms with van der Waals surface area (Å²) in [6.07, 6.45) is 3.87.